The van der Waals surface area contributed by atoms with Gasteiger partial charge in [-0.05, 0) is 37.1 Å². The molecule has 0 fully saturated rings. The first-order chi connectivity index (χ1) is 9.35. The van der Waals surface area contributed by atoms with E-state index in [4.69, 9.17) is 4.42 Å². The van der Waals surface area contributed by atoms with Crippen LogP contribution in [0.25, 0.3) is 0 Å². The number of aromatic nitrogens is 1. The lowest BCUT2D eigenvalue weighted by Gasteiger charge is -2.18. The largest absolute Gasteiger partial charge is 0.469 e. The van der Waals surface area contributed by atoms with Crippen molar-refractivity contribution in [3.05, 3.63) is 53.7 Å². The lowest BCUT2D eigenvalue weighted by atomic mass is 9.99. The third-order valence-electron chi connectivity index (χ3n) is 3.28. The molecule has 0 spiro atoms. The number of hydrogen-bond donors (Lipinski definition) is 1. The van der Waals surface area contributed by atoms with E-state index >= 15 is 0 Å². The van der Waals surface area contributed by atoms with Gasteiger partial charge in [-0.1, -0.05) is 19.9 Å². The van der Waals surface area contributed by atoms with E-state index in [1.54, 1.807) is 6.26 Å². The van der Waals surface area contributed by atoms with E-state index in [1.807, 2.05) is 18.5 Å². The summed E-state index contributed by atoms with van der Waals surface area (Å²) in [5, 5.41) is 3.61. The topological polar surface area (TPSA) is 38.1 Å². The summed E-state index contributed by atoms with van der Waals surface area (Å²) in [4.78, 5) is 4.19. The van der Waals surface area contributed by atoms with E-state index in [9.17, 15) is 0 Å². The Labute approximate surface area is 115 Å². The minimum Gasteiger partial charge on any atom is -0.469 e. The zero-order valence-corrected chi connectivity index (χ0v) is 11.7. The average Bonchev–Trinajstić information content (AvgIpc) is 2.93. The van der Waals surface area contributed by atoms with Gasteiger partial charge in [0.1, 0.15) is 5.76 Å². The highest BCUT2D eigenvalue weighted by atomic mass is 16.3. The van der Waals surface area contributed by atoms with Crippen LogP contribution in [0.2, 0.25) is 0 Å². The summed E-state index contributed by atoms with van der Waals surface area (Å²) in [7, 11) is 0. The number of aryl methyl sites for hydroxylation is 1. The number of furan rings is 1. The summed E-state index contributed by atoms with van der Waals surface area (Å²) in [6.45, 7) is 5.33. The zero-order chi connectivity index (χ0) is 13.5. The van der Waals surface area contributed by atoms with E-state index in [2.05, 4.69) is 36.3 Å². The summed E-state index contributed by atoms with van der Waals surface area (Å²) in [6.07, 6.45) is 8.54. The van der Waals surface area contributed by atoms with Crippen LogP contribution in [0.15, 0.2) is 41.3 Å². The second-order valence-electron chi connectivity index (χ2n) is 4.72. The summed E-state index contributed by atoms with van der Waals surface area (Å²) in [6, 6.07) is 6.50. The van der Waals surface area contributed by atoms with Crippen LogP contribution in [0, 0.1) is 0 Å². The van der Waals surface area contributed by atoms with Crippen molar-refractivity contribution in [1.82, 2.24) is 10.3 Å². The van der Waals surface area contributed by atoms with Gasteiger partial charge in [0.2, 0.25) is 0 Å². The number of pyridine rings is 1. The van der Waals surface area contributed by atoms with E-state index in [1.165, 1.54) is 11.1 Å². The van der Waals surface area contributed by atoms with Crippen molar-refractivity contribution in [2.75, 3.05) is 6.54 Å². The van der Waals surface area contributed by atoms with Crippen molar-refractivity contribution in [2.24, 2.45) is 0 Å². The summed E-state index contributed by atoms with van der Waals surface area (Å²) in [5.74, 6) is 1.08. The fourth-order valence-electron chi connectivity index (χ4n) is 2.31. The van der Waals surface area contributed by atoms with Gasteiger partial charge < -0.3 is 9.73 Å². The fraction of sp³-hybridized carbons (Fsp3) is 0.438. The lowest BCUT2D eigenvalue weighted by Crippen LogP contribution is -2.24. The first kappa shape index (κ1) is 13.8. The predicted molar refractivity (Wildman–Crippen MR) is 77.1 cm³/mol. The molecule has 0 amide bonds. The van der Waals surface area contributed by atoms with Crippen LogP contribution in [-0.2, 0) is 12.8 Å². The van der Waals surface area contributed by atoms with Crippen LogP contribution in [0.1, 0.15) is 43.2 Å². The Morgan fingerprint density at radius 2 is 2.21 bits per heavy atom. The Morgan fingerprint density at radius 1 is 1.32 bits per heavy atom. The third kappa shape index (κ3) is 3.67. The Kier molecular flexibility index (Phi) is 5.16. The Balaban J connectivity index is 2.16. The van der Waals surface area contributed by atoms with Gasteiger partial charge >= 0.3 is 0 Å². The first-order valence-electron chi connectivity index (χ1n) is 7.03. The molecule has 2 rings (SSSR count). The van der Waals surface area contributed by atoms with Crippen molar-refractivity contribution < 1.29 is 4.42 Å². The predicted octanol–water partition coefficient (Wildman–Crippen LogP) is 3.52. The molecule has 2 heterocycles. The van der Waals surface area contributed by atoms with E-state index in [0.717, 1.165) is 31.6 Å². The molecule has 19 heavy (non-hydrogen) atoms. The summed E-state index contributed by atoms with van der Waals surface area (Å²) >= 11 is 0. The van der Waals surface area contributed by atoms with Gasteiger partial charge in [0.15, 0.2) is 0 Å². The molecule has 1 unspecified atom stereocenters. The quantitative estimate of drug-likeness (QED) is 0.825. The second-order valence-corrected chi connectivity index (χ2v) is 4.72. The highest BCUT2D eigenvalue weighted by Gasteiger charge is 2.17. The molecule has 3 nitrogen and oxygen atoms in total. The van der Waals surface area contributed by atoms with Gasteiger partial charge in [0, 0.05) is 30.4 Å². The highest BCUT2D eigenvalue weighted by Crippen LogP contribution is 2.23. The average molecular weight is 258 g/mol. The molecule has 0 aliphatic rings. The van der Waals surface area contributed by atoms with E-state index in [0.29, 0.717) is 6.04 Å². The van der Waals surface area contributed by atoms with Gasteiger partial charge in [0.05, 0.1) is 6.26 Å². The Hall–Kier alpha value is -1.61. The van der Waals surface area contributed by atoms with E-state index < -0.39 is 0 Å². The van der Waals surface area contributed by atoms with Crippen molar-refractivity contribution in [3.63, 3.8) is 0 Å². The molecular formula is C16H22N2O. The van der Waals surface area contributed by atoms with Crippen LogP contribution < -0.4 is 5.32 Å². The number of nitrogens with one attached hydrogen (secondary N) is 1. The standard InChI is InChI=1S/C16H22N2O/c1-3-8-18-15(11-13-6-5-9-17-12-13)14-7-10-19-16(14)4-2/h5-7,9-10,12,15,18H,3-4,8,11H2,1-2H3. The normalized spacial score (nSPS) is 12.5. The number of nitrogens with zero attached hydrogens (tertiary/aromatic N) is 1. The molecule has 0 saturated heterocycles. The van der Waals surface area contributed by atoms with Crippen molar-refractivity contribution >= 4 is 0 Å². The Morgan fingerprint density at radius 3 is 2.89 bits per heavy atom. The van der Waals surface area contributed by atoms with Gasteiger partial charge in [-0.15, -0.1) is 0 Å². The van der Waals surface area contributed by atoms with Crippen molar-refractivity contribution in [3.8, 4) is 0 Å². The number of hydrogen-bond acceptors (Lipinski definition) is 3. The minimum absolute atomic E-state index is 0.304. The van der Waals surface area contributed by atoms with Crippen LogP contribution in [0.5, 0.6) is 0 Å². The summed E-state index contributed by atoms with van der Waals surface area (Å²) < 4.78 is 5.56. The maximum Gasteiger partial charge on any atom is 0.108 e. The molecule has 1 N–H and O–H groups in total. The molecule has 1 atom stereocenters. The molecule has 0 bridgehead atoms. The maximum atomic E-state index is 5.56. The minimum atomic E-state index is 0.304. The monoisotopic (exact) mass is 258 g/mol. The molecule has 2 aromatic rings. The van der Waals surface area contributed by atoms with E-state index in [-0.39, 0.29) is 0 Å². The highest BCUT2D eigenvalue weighted by molar-refractivity contribution is 5.24. The Bertz CT molecular complexity index is 479. The molecule has 3 heteroatoms. The van der Waals surface area contributed by atoms with Gasteiger partial charge in [-0.2, -0.15) is 0 Å². The fourth-order valence-corrected chi connectivity index (χ4v) is 2.31. The van der Waals surface area contributed by atoms with Crippen LogP contribution in [0.4, 0.5) is 0 Å². The maximum absolute atomic E-state index is 5.56. The van der Waals surface area contributed by atoms with Crippen LogP contribution >= 0.6 is 0 Å². The van der Waals surface area contributed by atoms with Gasteiger partial charge in [-0.25, -0.2) is 0 Å². The molecule has 102 valence electrons. The van der Waals surface area contributed by atoms with Crippen molar-refractivity contribution in [1.29, 1.82) is 0 Å². The zero-order valence-electron chi connectivity index (χ0n) is 11.7. The first-order valence-corrected chi connectivity index (χ1v) is 7.03. The van der Waals surface area contributed by atoms with Crippen LogP contribution in [0.3, 0.4) is 0 Å². The SMILES string of the molecule is CCCNC(Cc1cccnc1)c1ccoc1CC. The van der Waals surface area contributed by atoms with Gasteiger partial charge in [-0.3, -0.25) is 4.98 Å². The third-order valence-corrected chi connectivity index (χ3v) is 3.28. The lowest BCUT2D eigenvalue weighted by molar-refractivity contribution is 0.481. The molecule has 2 aromatic heterocycles. The van der Waals surface area contributed by atoms with Crippen LogP contribution in [-0.4, -0.2) is 11.5 Å². The molecule has 0 radical (unpaired) electrons. The molecule has 0 aromatic carbocycles. The molecular weight excluding hydrogens is 236 g/mol. The second kappa shape index (κ2) is 7.10. The molecule has 0 aliphatic carbocycles. The number of rotatable bonds is 7. The smallest absolute Gasteiger partial charge is 0.108 e. The van der Waals surface area contributed by atoms with Gasteiger partial charge in [0.25, 0.3) is 0 Å². The molecule has 0 saturated carbocycles. The summed E-state index contributed by atoms with van der Waals surface area (Å²) in [5.41, 5.74) is 2.53. The molecule has 0 aliphatic heterocycles. The van der Waals surface area contributed by atoms with Crippen molar-refractivity contribution in [2.45, 2.75) is 39.2 Å².